The fourth-order valence-corrected chi connectivity index (χ4v) is 1.93. The number of hydrazine groups is 1. The summed E-state index contributed by atoms with van der Waals surface area (Å²) in [5.41, 5.74) is 4.13. The molecule has 102 valence electrons. The summed E-state index contributed by atoms with van der Waals surface area (Å²) in [6.45, 7) is 0.376. The third-order valence-electron chi connectivity index (χ3n) is 2.78. The van der Waals surface area contributed by atoms with E-state index in [1.54, 1.807) is 23.0 Å². The van der Waals surface area contributed by atoms with Gasteiger partial charge in [-0.05, 0) is 17.7 Å². The Hall–Kier alpha value is -2.31. The van der Waals surface area contributed by atoms with Crippen molar-refractivity contribution in [3.63, 3.8) is 0 Å². The third kappa shape index (κ3) is 2.52. The number of ether oxygens (including phenoxy) is 1. The van der Waals surface area contributed by atoms with Crippen molar-refractivity contribution in [2.75, 3.05) is 5.43 Å². The van der Waals surface area contributed by atoms with Gasteiger partial charge in [0.2, 0.25) is 5.65 Å². The Morgan fingerprint density at radius 2 is 2.10 bits per heavy atom. The third-order valence-corrected chi connectivity index (χ3v) is 3.03. The second-order valence-corrected chi connectivity index (χ2v) is 4.59. The molecule has 0 spiro atoms. The van der Waals surface area contributed by atoms with Crippen LogP contribution < -0.4 is 16.0 Å². The lowest BCUT2D eigenvalue weighted by atomic mass is 10.2. The van der Waals surface area contributed by atoms with Gasteiger partial charge in [0.15, 0.2) is 5.82 Å². The highest BCUT2D eigenvalue weighted by Crippen LogP contribution is 2.19. The van der Waals surface area contributed by atoms with Crippen molar-refractivity contribution in [1.29, 1.82) is 0 Å². The van der Waals surface area contributed by atoms with Crippen LogP contribution >= 0.6 is 11.6 Å². The number of hydrogen-bond acceptors (Lipinski definition) is 5. The van der Waals surface area contributed by atoms with Crippen LogP contribution in [0.3, 0.4) is 0 Å². The van der Waals surface area contributed by atoms with Gasteiger partial charge in [-0.15, -0.1) is 0 Å². The highest BCUT2D eigenvalue weighted by atomic mass is 35.5. The molecule has 2 aromatic heterocycles. The number of benzene rings is 1. The Kier molecular flexibility index (Phi) is 3.41. The summed E-state index contributed by atoms with van der Waals surface area (Å²) in [5.74, 6) is 6.30. The van der Waals surface area contributed by atoms with Gasteiger partial charge in [-0.3, -0.25) is 4.40 Å². The fourth-order valence-electron chi connectivity index (χ4n) is 1.80. The summed E-state index contributed by atoms with van der Waals surface area (Å²) >= 11 is 5.84. The second kappa shape index (κ2) is 5.36. The Bertz CT molecular complexity index is 725. The minimum absolute atomic E-state index is 0.376. The van der Waals surface area contributed by atoms with E-state index in [4.69, 9.17) is 22.2 Å². The van der Waals surface area contributed by atoms with E-state index in [1.807, 2.05) is 24.3 Å². The average molecular weight is 290 g/mol. The Morgan fingerprint density at radius 3 is 2.85 bits per heavy atom. The molecular weight excluding hydrogens is 278 g/mol. The lowest BCUT2D eigenvalue weighted by molar-refractivity contribution is 0.296. The van der Waals surface area contributed by atoms with Crippen LogP contribution in [0.2, 0.25) is 5.02 Å². The topological polar surface area (TPSA) is 77.5 Å². The van der Waals surface area contributed by atoms with Gasteiger partial charge in [0.25, 0.3) is 5.88 Å². The summed E-state index contributed by atoms with van der Waals surface area (Å²) in [6.07, 6.45) is 5.21. The summed E-state index contributed by atoms with van der Waals surface area (Å²) in [4.78, 5) is 8.46. The predicted octanol–water partition coefficient (Wildman–Crippen LogP) is 2.25. The molecule has 20 heavy (non-hydrogen) atoms. The minimum Gasteiger partial charge on any atom is -0.470 e. The zero-order chi connectivity index (χ0) is 13.9. The van der Waals surface area contributed by atoms with Gasteiger partial charge in [0.1, 0.15) is 6.61 Å². The van der Waals surface area contributed by atoms with E-state index in [0.29, 0.717) is 29.0 Å². The number of nitrogens with one attached hydrogen (secondary N) is 1. The van der Waals surface area contributed by atoms with Gasteiger partial charge in [0.05, 0.1) is 6.20 Å². The smallest absolute Gasteiger partial charge is 0.260 e. The Labute approximate surface area is 120 Å². The summed E-state index contributed by atoms with van der Waals surface area (Å²) in [5, 5.41) is 0.692. The summed E-state index contributed by atoms with van der Waals surface area (Å²) < 4.78 is 7.50. The van der Waals surface area contributed by atoms with E-state index < -0.39 is 0 Å². The summed E-state index contributed by atoms with van der Waals surface area (Å²) in [7, 11) is 0. The number of anilines is 1. The zero-order valence-corrected chi connectivity index (χ0v) is 11.2. The number of nitrogens with two attached hydrogens (primary N) is 1. The highest BCUT2D eigenvalue weighted by Gasteiger charge is 2.08. The van der Waals surface area contributed by atoms with Crippen molar-refractivity contribution in [2.45, 2.75) is 6.61 Å². The van der Waals surface area contributed by atoms with E-state index >= 15 is 0 Å². The molecule has 3 N–H and O–H groups in total. The van der Waals surface area contributed by atoms with E-state index in [-0.39, 0.29) is 0 Å². The van der Waals surface area contributed by atoms with Crippen LogP contribution in [-0.4, -0.2) is 14.4 Å². The van der Waals surface area contributed by atoms with Crippen LogP contribution in [-0.2, 0) is 6.61 Å². The molecule has 0 atom stereocenters. The first-order valence-electron chi connectivity index (χ1n) is 5.94. The highest BCUT2D eigenvalue weighted by molar-refractivity contribution is 6.30. The normalized spacial score (nSPS) is 10.7. The monoisotopic (exact) mass is 289 g/mol. The maximum atomic E-state index is 5.84. The van der Waals surface area contributed by atoms with Crippen LogP contribution in [0.5, 0.6) is 5.88 Å². The Balaban J connectivity index is 1.86. The van der Waals surface area contributed by atoms with Crippen molar-refractivity contribution in [2.24, 2.45) is 5.84 Å². The molecule has 3 aromatic rings. The number of nitrogen functional groups attached to an aromatic ring is 1. The predicted molar refractivity (Wildman–Crippen MR) is 76.6 cm³/mol. The molecule has 0 saturated carbocycles. The van der Waals surface area contributed by atoms with Crippen LogP contribution in [0.4, 0.5) is 5.82 Å². The lowest BCUT2D eigenvalue weighted by Crippen LogP contribution is -2.10. The maximum absolute atomic E-state index is 5.84. The molecule has 6 nitrogen and oxygen atoms in total. The largest absolute Gasteiger partial charge is 0.470 e. The van der Waals surface area contributed by atoms with Crippen LogP contribution in [0, 0.1) is 0 Å². The number of aromatic nitrogens is 3. The summed E-state index contributed by atoms with van der Waals surface area (Å²) in [6, 6.07) is 7.43. The molecule has 0 aliphatic heterocycles. The van der Waals surface area contributed by atoms with Crippen LogP contribution in [0.25, 0.3) is 5.65 Å². The van der Waals surface area contributed by atoms with E-state index in [9.17, 15) is 0 Å². The van der Waals surface area contributed by atoms with Crippen LogP contribution in [0.15, 0.2) is 42.9 Å². The number of nitrogens with zero attached hydrogens (tertiary/aromatic N) is 3. The number of halogens is 1. The quantitative estimate of drug-likeness (QED) is 0.569. The molecule has 1 aromatic carbocycles. The molecule has 2 heterocycles. The number of fused-ring (bicyclic) bond motifs is 1. The van der Waals surface area contributed by atoms with E-state index in [2.05, 4.69) is 15.4 Å². The first-order valence-corrected chi connectivity index (χ1v) is 6.31. The van der Waals surface area contributed by atoms with Gasteiger partial charge in [-0.1, -0.05) is 23.7 Å². The fraction of sp³-hybridized carbons (Fsp3) is 0.0769. The zero-order valence-electron chi connectivity index (χ0n) is 10.5. The SMILES string of the molecule is NNc1cn2ccnc2c(OCc2ccc(Cl)cc2)n1. The van der Waals surface area contributed by atoms with E-state index in [1.165, 1.54) is 0 Å². The molecule has 0 aliphatic rings. The number of hydrogen-bond donors (Lipinski definition) is 2. The van der Waals surface area contributed by atoms with Crippen molar-refractivity contribution in [3.8, 4) is 5.88 Å². The van der Waals surface area contributed by atoms with E-state index in [0.717, 1.165) is 5.56 Å². The van der Waals surface area contributed by atoms with Gasteiger partial charge in [0, 0.05) is 17.4 Å². The first kappa shape index (κ1) is 12.7. The Morgan fingerprint density at radius 1 is 1.30 bits per heavy atom. The van der Waals surface area contributed by atoms with Gasteiger partial charge < -0.3 is 10.2 Å². The van der Waals surface area contributed by atoms with Gasteiger partial charge in [-0.25, -0.2) is 10.8 Å². The molecule has 0 radical (unpaired) electrons. The van der Waals surface area contributed by atoms with Gasteiger partial charge >= 0.3 is 0 Å². The standard InChI is InChI=1S/C13H12ClN5O/c14-10-3-1-9(2-4-10)8-20-13-12-16-5-6-19(12)7-11(17-13)18-15/h1-7,18H,8,15H2. The molecule has 0 fully saturated rings. The molecule has 0 amide bonds. The van der Waals surface area contributed by atoms with Crippen LogP contribution in [0.1, 0.15) is 5.56 Å². The molecule has 0 bridgehead atoms. The molecule has 0 unspecified atom stereocenters. The number of imidazole rings is 1. The first-order chi connectivity index (χ1) is 9.76. The molecule has 0 saturated heterocycles. The minimum atomic E-state index is 0.376. The maximum Gasteiger partial charge on any atom is 0.260 e. The van der Waals surface area contributed by atoms with Crippen molar-refractivity contribution in [1.82, 2.24) is 14.4 Å². The van der Waals surface area contributed by atoms with Crippen molar-refractivity contribution >= 4 is 23.1 Å². The molecule has 0 aliphatic carbocycles. The average Bonchev–Trinajstić information content (AvgIpc) is 2.94. The molecule has 7 heteroatoms. The lowest BCUT2D eigenvalue weighted by Gasteiger charge is -2.08. The second-order valence-electron chi connectivity index (χ2n) is 4.15. The molecular formula is C13H12ClN5O. The molecule has 3 rings (SSSR count). The van der Waals surface area contributed by atoms with Crippen molar-refractivity contribution in [3.05, 3.63) is 53.4 Å². The van der Waals surface area contributed by atoms with Gasteiger partial charge in [-0.2, -0.15) is 4.98 Å². The van der Waals surface area contributed by atoms with Crippen molar-refractivity contribution < 1.29 is 4.74 Å². The number of rotatable bonds is 4.